The molecule has 0 bridgehead atoms. The maximum absolute atomic E-state index is 13.8. The smallest absolute Gasteiger partial charge is 0.156 e. The third-order valence-corrected chi connectivity index (χ3v) is 6.31. The first-order valence-electron chi connectivity index (χ1n) is 10.9. The van der Waals surface area contributed by atoms with Crippen molar-refractivity contribution in [2.75, 3.05) is 13.1 Å². The predicted octanol–water partition coefficient (Wildman–Crippen LogP) is 4.58. The SMILES string of the molecule is N#Cc1cc(-c2cnc3[nH]cc(-c4ccc5ncn(C6CCCNC6)c5c4)c3n2)ccc1F. The Bertz CT molecular complexity index is 1540. The Morgan fingerprint density at radius 3 is 2.88 bits per heavy atom. The van der Waals surface area contributed by atoms with Crippen molar-refractivity contribution in [3.8, 4) is 28.5 Å². The maximum atomic E-state index is 13.8. The summed E-state index contributed by atoms with van der Waals surface area (Å²) >= 11 is 0. The van der Waals surface area contributed by atoms with Crippen LogP contribution in [0.2, 0.25) is 0 Å². The van der Waals surface area contributed by atoms with Gasteiger partial charge in [0.15, 0.2) is 5.65 Å². The normalized spacial score (nSPS) is 16.3. The predicted molar refractivity (Wildman–Crippen MR) is 124 cm³/mol. The molecule has 5 aromatic rings. The third kappa shape index (κ3) is 3.34. The highest BCUT2D eigenvalue weighted by molar-refractivity contribution is 5.94. The lowest BCUT2D eigenvalue weighted by molar-refractivity contribution is 0.378. The molecule has 1 unspecified atom stereocenters. The number of fused-ring (bicyclic) bond motifs is 2. The summed E-state index contributed by atoms with van der Waals surface area (Å²) < 4.78 is 16.0. The average Bonchev–Trinajstić information content (AvgIpc) is 3.48. The van der Waals surface area contributed by atoms with Gasteiger partial charge in [0.1, 0.15) is 17.4 Å². The fourth-order valence-electron chi connectivity index (χ4n) is 4.58. The summed E-state index contributed by atoms with van der Waals surface area (Å²) in [4.78, 5) is 17.1. The number of aromatic nitrogens is 5. The molecule has 0 amide bonds. The molecule has 8 heteroatoms. The monoisotopic (exact) mass is 437 g/mol. The molecule has 4 heterocycles. The van der Waals surface area contributed by atoms with Crippen molar-refractivity contribution in [2.24, 2.45) is 0 Å². The van der Waals surface area contributed by atoms with Gasteiger partial charge in [-0.05, 0) is 55.3 Å². The Morgan fingerprint density at radius 1 is 1.12 bits per heavy atom. The number of aromatic amines is 1. The second kappa shape index (κ2) is 7.80. The average molecular weight is 437 g/mol. The van der Waals surface area contributed by atoms with Crippen molar-refractivity contribution in [3.05, 3.63) is 66.5 Å². The number of nitrogens with one attached hydrogen (secondary N) is 2. The number of halogens is 1. The first-order chi connectivity index (χ1) is 16.2. The molecule has 1 aliphatic rings. The summed E-state index contributed by atoms with van der Waals surface area (Å²) in [6.45, 7) is 2.01. The first-order valence-corrected chi connectivity index (χ1v) is 10.9. The molecule has 7 nitrogen and oxygen atoms in total. The molecular formula is C25H20FN7. The number of hydrogen-bond acceptors (Lipinski definition) is 5. The number of nitrogens with zero attached hydrogens (tertiary/aromatic N) is 5. The second-order valence-electron chi connectivity index (χ2n) is 8.32. The number of benzene rings is 2. The van der Waals surface area contributed by atoms with E-state index in [1.165, 1.54) is 12.1 Å². The number of rotatable bonds is 3. The van der Waals surface area contributed by atoms with Crippen LogP contribution in [0.1, 0.15) is 24.4 Å². The number of imidazole rings is 1. The minimum absolute atomic E-state index is 0.0143. The van der Waals surface area contributed by atoms with Crippen LogP contribution in [0.25, 0.3) is 44.6 Å². The van der Waals surface area contributed by atoms with Crippen molar-refractivity contribution < 1.29 is 4.39 Å². The van der Waals surface area contributed by atoms with Gasteiger partial charge in [-0.1, -0.05) is 6.07 Å². The van der Waals surface area contributed by atoms with Crippen molar-refractivity contribution in [2.45, 2.75) is 18.9 Å². The van der Waals surface area contributed by atoms with Crippen LogP contribution in [0.15, 0.2) is 55.1 Å². The minimum Gasteiger partial charge on any atom is -0.344 e. The molecule has 162 valence electrons. The lowest BCUT2D eigenvalue weighted by atomic mass is 10.0. The maximum Gasteiger partial charge on any atom is 0.156 e. The molecule has 0 saturated carbocycles. The summed E-state index contributed by atoms with van der Waals surface area (Å²) in [5, 5.41) is 12.6. The van der Waals surface area contributed by atoms with Gasteiger partial charge in [-0.25, -0.2) is 19.3 Å². The number of nitriles is 1. The molecule has 3 aromatic heterocycles. The molecule has 1 fully saturated rings. The summed E-state index contributed by atoms with van der Waals surface area (Å²) in [6.07, 6.45) is 7.75. The van der Waals surface area contributed by atoms with Crippen molar-refractivity contribution >= 4 is 22.2 Å². The van der Waals surface area contributed by atoms with Crippen LogP contribution in [0.5, 0.6) is 0 Å². The van der Waals surface area contributed by atoms with E-state index >= 15 is 0 Å². The summed E-state index contributed by atoms with van der Waals surface area (Å²) in [5.41, 5.74) is 6.61. The van der Waals surface area contributed by atoms with Crippen LogP contribution in [0, 0.1) is 17.1 Å². The summed E-state index contributed by atoms with van der Waals surface area (Å²) in [7, 11) is 0. The molecule has 0 spiro atoms. The topological polar surface area (TPSA) is 95.2 Å². The van der Waals surface area contributed by atoms with Gasteiger partial charge in [-0.3, -0.25) is 0 Å². The first kappa shape index (κ1) is 19.6. The minimum atomic E-state index is -0.546. The van der Waals surface area contributed by atoms with Crippen molar-refractivity contribution in [1.29, 1.82) is 5.26 Å². The molecule has 2 aromatic carbocycles. The highest BCUT2D eigenvalue weighted by Crippen LogP contribution is 2.32. The molecule has 0 radical (unpaired) electrons. The van der Waals surface area contributed by atoms with E-state index in [2.05, 4.69) is 30.9 Å². The molecule has 0 aliphatic carbocycles. The zero-order valence-corrected chi connectivity index (χ0v) is 17.7. The van der Waals surface area contributed by atoms with E-state index in [-0.39, 0.29) is 5.56 Å². The highest BCUT2D eigenvalue weighted by Gasteiger charge is 2.18. The molecule has 6 rings (SSSR count). The zero-order valence-electron chi connectivity index (χ0n) is 17.7. The van der Waals surface area contributed by atoms with Crippen molar-refractivity contribution in [3.63, 3.8) is 0 Å². The van der Waals surface area contributed by atoms with E-state index < -0.39 is 5.82 Å². The van der Waals surface area contributed by atoms with Gasteiger partial charge in [0.05, 0.1) is 34.8 Å². The van der Waals surface area contributed by atoms with E-state index in [4.69, 9.17) is 10.2 Å². The van der Waals surface area contributed by atoms with Gasteiger partial charge in [-0.2, -0.15) is 5.26 Å². The van der Waals surface area contributed by atoms with Gasteiger partial charge in [0.25, 0.3) is 0 Å². The summed E-state index contributed by atoms with van der Waals surface area (Å²) in [5.74, 6) is -0.546. The van der Waals surface area contributed by atoms with Crippen LogP contribution >= 0.6 is 0 Å². The van der Waals surface area contributed by atoms with E-state index in [9.17, 15) is 4.39 Å². The molecule has 1 aliphatic heterocycles. The van der Waals surface area contributed by atoms with E-state index in [1.54, 1.807) is 12.3 Å². The fraction of sp³-hybridized carbons (Fsp3) is 0.200. The van der Waals surface area contributed by atoms with Gasteiger partial charge in [0, 0.05) is 29.9 Å². The second-order valence-corrected chi connectivity index (χ2v) is 8.32. The van der Waals surface area contributed by atoms with Gasteiger partial charge in [-0.15, -0.1) is 0 Å². The third-order valence-electron chi connectivity index (χ3n) is 6.31. The number of H-pyrrole nitrogens is 1. The Morgan fingerprint density at radius 2 is 2.03 bits per heavy atom. The van der Waals surface area contributed by atoms with E-state index in [0.717, 1.165) is 53.6 Å². The van der Waals surface area contributed by atoms with Crippen LogP contribution in [0.3, 0.4) is 0 Å². The largest absolute Gasteiger partial charge is 0.344 e. The van der Waals surface area contributed by atoms with E-state index in [0.29, 0.717) is 22.9 Å². The lowest BCUT2D eigenvalue weighted by Gasteiger charge is -2.24. The van der Waals surface area contributed by atoms with Gasteiger partial charge < -0.3 is 14.9 Å². The van der Waals surface area contributed by atoms with Gasteiger partial charge in [0.2, 0.25) is 0 Å². The van der Waals surface area contributed by atoms with Crippen LogP contribution in [0.4, 0.5) is 4.39 Å². The molecule has 2 N–H and O–H groups in total. The number of piperidine rings is 1. The molecule has 1 saturated heterocycles. The van der Waals surface area contributed by atoms with Crippen molar-refractivity contribution in [1.82, 2.24) is 29.8 Å². The Labute approximate surface area is 188 Å². The fourth-order valence-corrected chi connectivity index (χ4v) is 4.58. The molecule has 33 heavy (non-hydrogen) atoms. The van der Waals surface area contributed by atoms with Crippen LogP contribution in [-0.4, -0.2) is 37.6 Å². The van der Waals surface area contributed by atoms with Gasteiger partial charge >= 0.3 is 0 Å². The standard InChI is InChI=1S/C25H20FN7/c26-20-5-3-16(8-17(20)10-27)22-13-30-25-24(32-22)19(12-29-25)15-4-6-21-23(9-15)33(14-31-21)18-2-1-7-28-11-18/h3-6,8-9,12-14,18,28H,1-2,7,11H2,(H,29,30). The highest BCUT2D eigenvalue weighted by atomic mass is 19.1. The van der Waals surface area contributed by atoms with Crippen LogP contribution < -0.4 is 5.32 Å². The number of hydrogen-bond donors (Lipinski definition) is 2. The van der Waals surface area contributed by atoms with E-state index in [1.807, 2.05) is 30.7 Å². The summed E-state index contributed by atoms with van der Waals surface area (Å²) in [6, 6.07) is 12.9. The Hall–Kier alpha value is -4.09. The Kier molecular flexibility index (Phi) is 4.63. The lowest BCUT2D eigenvalue weighted by Crippen LogP contribution is -2.31. The Balaban J connectivity index is 1.45. The quantitative estimate of drug-likeness (QED) is 0.431. The zero-order chi connectivity index (χ0) is 22.4. The van der Waals surface area contributed by atoms with Crippen LogP contribution in [-0.2, 0) is 0 Å². The molecule has 1 atom stereocenters. The molecular weight excluding hydrogens is 417 g/mol.